The van der Waals surface area contributed by atoms with E-state index in [9.17, 15) is 18.5 Å². The second-order valence-electron chi connectivity index (χ2n) is 4.31. The highest BCUT2D eigenvalue weighted by atomic mass is 32.2. The Morgan fingerprint density at radius 3 is 2.57 bits per heavy atom. The number of nitrogens with one attached hydrogen (secondary N) is 1. The van der Waals surface area contributed by atoms with Crippen LogP contribution in [-0.4, -0.2) is 18.3 Å². The number of aryl methyl sites for hydroxylation is 1. The van der Waals surface area contributed by atoms with Gasteiger partial charge in [0.25, 0.3) is 15.7 Å². The van der Waals surface area contributed by atoms with Gasteiger partial charge in [0.15, 0.2) is 4.90 Å². The van der Waals surface area contributed by atoms with E-state index in [1.807, 2.05) is 0 Å². The molecule has 0 aliphatic heterocycles. The van der Waals surface area contributed by atoms with Crippen LogP contribution in [0.4, 0.5) is 17.2 Å². The standard InChI is InChI=1S/C12H12N4O4S/c1-8-2-5-12(14-7-8)15-21(19,20)11-4-3-9(13)6-10(11)16(17)18/h2-7H,13H2,1H3,(H,14,15). The van der Waals surface area contributed by atoms with Crippen molar-refractivity contribution < 1.29 is 13.3 Å². The molecule has 2 aromatic rings. The molecule has 0 radical (unpaired) electrons. The molecule has 0 amide bonds. The summed E-state index contributed by atoms with van der Waals surface area (Å²) in [6, 6.07) is 6.50. The van der Waals surface area contributed by atoms with Gasteiger partial charge in [-0.05, 0) is 30.7 Å². The van der Waals surface area contributed by atoms with Crippen molar-refractivity contribution in [1.82, 2.24) is 4.98 Å². The number of nitro groups is 1. The van der Waals surface area contributed by atoms with E-state index >= 15 is 0 Å². The van der Waals surface area contributed by atoms with Gasteiger partial charge in [0.2, 0.25) is 0 Å². The van der Waals surface area contributed by atoms with Crippen molar-refractivity contribution in [1.29, 1.82) is 0 Å². The van der Waals surface area contributed by atoms with Crippen LogP contribution in [0.5, 0.6) is 0 Å². The molecule has 1 aromatic heterocycles. The summed E-state index contributed by atoms with van der Waals surface area (Å²) in [5, 5.41) is 11.0. The molecule has 0 spiro atoms. The van der Waals surface area contributed by atoms with E-state index in [1.165, 1.54) is 18.3 Å². The number of nitrogens with two attached hydrogens (primary N) is 1. The molecule has 0 atom stereocenters. The van der Waals surface area contributed by atoms with Gasteiger partial charge in [-0.15, -0.1) is 0 Å². The molecule has 0 saturated heterocycles. The molecular weight excluding hydrogens is 296 g/mol. The number of nitrogen functional groups attached to an aromatic ring is 1. The quantitative estimate of drug-likeness (QED) is 0.502. The summed E-state index contributed by atoms with van der Waals surface area (Å²) in [5.74, 6) is 0.0757. The first-order valence-electron chi connectivity index (χ1n) is 5.79. The molecule has 0 unspecified atom stereocenters. The van der Waals surface area contributed by atoms with Gasteiger partial charge in [-0.3, -0.25) is 14.8 Å². The highest BCUT2D eigenvalue weighted by Crippen LogP contribution is 2.27. The Bertz CT molecular complexity index is 787. The SMILES string of the molecule is Cc1ccc(NS(=O)(=O)c2ccc(N)cc2[N+](=O)[O-])nc1. The number of sulfonamides is 1. The number of anilines is 2. The van der Waals surface area contributed by atoms with E-state index in [0.717, 1.165) is 17.7 Å². The van der Waals surface area contributed by atoms with Crippen molar-refractivity contribution >= 4 is 27.2 Å². The maximum absolute atomic E-state index is 12.2. The molecule has 2 rings (SSSR count). The number of hydrogen-bond acceptors (Lipinski definition) is 6. The van der Waals surface area contributed by atoms with Gasteiger partial charge in [0.1, 0.15) is 5.82 Å². The lowest BCUT2D eigenvalue weighted by atomic mass is 10.3. The third-order valence-electron chi connectivity index (χ3n) is 2.62. The van der Waals surface area contributed by atoms with Crippen LogP contribution in [0, 0.1) is 17.0 Å². The molecule has 3 N–H and O–H groups in total. The second-order valence-corrected chi connectivity index (χ2v) is 5.96. The second kappa shape index (κ2) is 5.37. The minimum absolute atomic E-state index is 0.0757. The predicted molar refractivity (Wildman–Crippen MR) is 77.3 cm³/mol. The van der Waals surface area contributed by atoms with E-state index in [4.69, 9.17) is 5.73 Å². The Labute approximate surface area is 120 Å². The minimum atomic E-state index is -4.13. The number of rotatable bonds is 4. The van der Waals surface area contributed by atoms with Crippen molar-refractivity contribution in [3.05, 3.63) is 52.2 Å². The molecule has 0 aliphatic carbocycles. The van der Waals surface area contributed by atoms with E-state index < -0.39 is 25.5 Å². The van der Waals surface area contributed by atoms with Gasteiger partial charge in [0.05, 0.1) is 4.92 Å². The molecule has 0 bridgehead atoms. The van der Waals surface area contributed by atoms with Gasteiger partial charge in [-0.2, -0.15) is 0 Å². The largest absolute Gasteiger partial charge is 0.399 e. The van der Waals surface area contributed by atoms with E-state index in [2.05, 4.69) is 9.71 Å². The monoisotopic (exact) mass is 308 g/mol. The smallest absolute Gasteiger partial charge is 0.291 e. The summed E-state index contributed by atoms with van der Waals surface area (Å²) in [4.78, 5) is 13.6. The van der Waals surface area contributed by atoms with Gasteiger partial charge in [-0.1, -0.05) is 6.07 Å². The molecular formula is C12H12N4O4S. The molecule has 9 heteroatoms. The topological polar surface area (TPSA) is 128 Å². The summed E-state index contributed by atoms with van der Waals surface area (Å²) in [5.41, 5.74) is 5.82. The average Bonchev–Trinajstić information content (AvgIpc) is 2.40. The Hall–Kier alpha value is -2.68. The third-order valence-corrected chi connectivity index (χ3v) is 4.02. The van der Waals surface area contributed by atoms with Crippen LogP contribution in [0.2, 0.25) is 0 Å². The summed E-state index contributed by atoms with van der Waals surface area (Å²) in [7, 11) is -4.13. The lowest BCUT2D eigenvalue weighted by molar-refractivity contribution is -0.387. The maximum atomic E-state index is 12.2. The zero-order valence-corrected chi connectivity index (χ0v) is 11.8. The fourth-order valence-electron chi connectivity index (χ4n) is 1.63. The highest BCUT2D eigenvalue weighted by molar-refractivity contribution is 7.92. The van der Waals surface area contributed by atoms with Gasteiger partial charge >= 0.3 is 0 Å². The van der Waals surface area contributed by atoms with E-state index in [0.29, 0.717) is 0 Å². The number of nitro benzene ring substituents is 1. The number of aromatic nitrogens is 1. The number of nitrogens with zero attached hydrogens (tertiary/aromatic N) is 2. The third kappa shape index (κ3) is 3.26. The van der Waals surface area contributed by atoms with Gasteiger partial charge < -0.3 is 5.73 Å². The summed E-state index contributed by atoms with van der Waals surface area (Å²) in [6.45, 7) is 1.80. The molecule has 0 aliphatic rings. The first kappa shape index (κ1) is 14.7. The Balaban J connectivity index is 2.44. The van der Waals surface area contributed by atoms with Gasteiger partial charge in [-0.25, -0.2) is 13.4 Å². The lowest BCUT2D eigenvalue weighted by Gasteiger charge is -2.08. The predicted octanol–water partition coefficient (Wildman–Crippen LogP) is 1.68. The summed E-state index contributed by atoms with van der Waals surface area (Å²) < 4.78 is 26.6. The molecule has 110 valence electrons. The van der Waals surface area contributed by atoms with Crippen LogP contribution in [0.25, 0.3) is 0 Å². The maximum Gasteiger partial charge on any atom is 0.291 e. The summed E-state index contributed by atoms with van der Waals surface area (Å²) >= 11 is 0. The van der Waals surface area contributed by atoms with E-state index in [1.54, 1.807) is 13.0 Å². The number of benzene rings is 1. The molecule has 0 fully saturated rings. The molecule has 21 heavy (non-hydrogen) atoms. The molecule has 0 saturated carbocycles. The lowest BCUT2D eigenvalue weighted by Crippen LogP contribution is -2.15. The van der Waals surface area contributed by atoms with Crippen LogP contribution >= 0.6 is 0 Å². The Morgan fingerprint density at radius 1 is 1.29 bits per heavy atom. The van der Waals surface area contributed by atoms with Crippen molar-refractivity contribution in [3.8, 4) is 0 Å². The van der Waals surface area contributed by atoms with Crippen molar-refractivity contribution in [3.63, 3.8) is 0 Å². The first-order chi connectivity index (χ1) is 9.79. The Morgan fingerprint density at radius 2 is 2.00 bits per heavy atom. The number of pyridine rings is 1. The zero-order chi connectivity index (χ0) is 15.6. The zero-order valence-electron chi connectivity index (χ0n) is 11.0. The minimum Gasteiger partial charge on any atom is -0.399 e. The molecule has 1 aromatic carbocycles. The van der Waals surface area contributed by atoms with Crippen LogP contribution < -0.4 is 10.5 Å². The summed E-state index contributed by atoms with van der Waals surface area (Å²) in [6.07, 6.45) is 1.48. The van der Waals surface area contributed by atoms with Crippen LogP contribution in [0.3, 0.4) is 0 Å². The van der Waals surface area contributed by atoms with Crippen LogP contribution in [0.1, 0.15) is 5.56 Å². The highest BCUT2D eigenvalue weighted by Gasteiger charge is 2.26. The van der Waals surface area contributed by atoms with E-state index in [-0.39, 0.29) is 11.5 Å². The number of hydrogen-bond donors (Lipinski definition) is 2. The molecule has 1 heterocycles. The molecule has 8 nitrogen and oxygen atoms in total. The normalized spacial score (nSPS) is 11.1. The fraction of sp³-hybridized carbons (Fsp3) is 0.0833. The van der Waals surface area contributed by atoms with Gasteiger partial charge in [0, 0.05) is 18.0 Å². The van der Waals surface area contributed by atoms with Crippen molar-refractivity contribution in [2.75, 3.05) is 10.5 Å². The van der Waals surface area contributed by atoms with Crippen LogP contribution in [-0.2, 0) is 10.0 Å². The van der Waals surface area contributed by atoms with Crippen molar-refractivity contribution in [2.45, 2.75) is 11.8 Å². The average molecular weight is 308 g/mol. The fourth-order valence-corrected chi connectivity index (χ4v) is 2.79. The van der Waals surface area contributed by atoms with Crippen LogP contribution in [0.15, 0.2) is 41.4 Å². The Kier molecular flexibility index (Phi) is 3.76. The van der Waals surface area contributed by atoms with Crippen molar-refractivity contribution in [2.24, 2.45) is 0 Å². The first-order valence-corrected chi connectivity index (χ1v) is 7.27.